The van der Waals surface area contributed by atoms with Gasteiger partial charge in [0.1, 0.15) is 0 Å². The number of anilines is 1. The predicted molar refractivity (Wildman–Crippen MR) is 126 cm³/mol. The molecular formula is C21H17BrN4O2S2. The molecule has 0 bridgehead atoms. The molecule has 30 heavy (non-hydrogen) atoms. The van der Waals surface area contributed by atoms with Gasteiger partial charge in [-0.2, -0.15) is 0 Å². The second kappa shape index (κ2) is 8.71. The summed E-state index contributed by atoms with van der Waals surface area (Å²) in [5.41, 5.74) is 3.29. The van der Waals surface area contributed by atoms with Crippen molar-refractivity contribution in [2.45, 2.75) is 19.0 Å². The fourth-order valence-corrected chi connectivity index (χ4v) is 5.05. The van der Waals surface area contributed by atoms with Crippen LogP contribution in [-0.2, 0) is 4.79 Å². The number of thioether (sulfide) groups is 1. The number of para-hydroxylation sites is 1. The molecule has 2 aromatic carbocycles. The summed E-state index contributed by atoms with van der Waals surface area (Å²) in [5, 5.41) is 4.30. The van der Waals surface area contributed by atoms with Crippen LogP contribution in [0.3, 0.4) is 0 Å². The number of halogens is 1. The molecule has 0 fully saturated rings. The summed E-state index contributed by atoms with van der Waals surface area (Å²) in [5.74, 6) is -0.108. The maximum atomic E-state index is 13.3. The van der Waals surface area contributed by atoms with Gasteiger partial charge in [0.05, 0.1) is 32.3 Å². The summed E-state index contributed by atoms with van der Waals surface area (Å²) in [6.45, 7) is 3.98. The summed E-state index contributed by atoms with van der Waals surface area (Å²) < 4.78 is 2.42. The molecule has 9 heteroatoms. The Labute approximate surface area is 189 Å². The molecule has 0 spiro atoms. The van der Waals surface area contributed by atoms with Crippen molar-refractivity contribution in [3.05, 3.63) is 73.9 Å². The number of fused-ring (bicyclic) bond motifs is 1. The standard InChI is InChI=1S/C21H17BrN4O2S2/c1-12-7-13(2)9-14(8-12)26-19(28)15-5-3-4-6-16(15)24-21(26)29-11-18(27)25-20-23-10-17(22)30-20/h3-10H,11H2,1-2H3,(H,23,25,27). The Hall–Kier alpha value is -2.49. The first kappa shape index (κ1) is 20.8. The fraction of sp³-hybridized carbons (Fsp3) is 0.143. The number of amides is 1. The van der Waals surface area contributed by atoms with Crippen molar-refractivity contribution < 1.29 is 4.79 Å². The molecule has 0 radical (unpaired) electrons. The van der Waals surface area contributed by atoms with E-state index in [1.165, 1.54) is 23.1 Å². The first-order valence-electron chi connectivity index (χ1n) is 9.05. The zero-order valence-corrected chi connectivity index (χ0v) is 19.4. The molecular weight excluding hydrogens is 484 g/mol. The molecule has 6 nitrogen and oxygen atoms in total. The second-order valence-electron chi connectivity index (χ2n) is 6.70. The molecule has 4 rings (SSSR count). The summed E-state index contributed by atoms with van der Waals surface area (Å²) in [6, 6.07) is 13.2. The minimum atomic E-state index is -0.212. The highest BCUT2D eigenvalue weighted by Gasteiger charge is 2.16. The fourth-order valence-electron chi connectivity index (χ4n) is 3.11. The molecule has 1 amide bonds. The zero-order chi connectivity index (χ0) is 21.3. The maximum Gasteiger partial charge on any atom is 0.266 e. The van der Waals surface area contributed by atoms with Crippen LogP contribution in [0.4, 0.5) is 5.13 Å². The minimum absolute atomic E-state index is 0.104. The Morgan fingerprint density at radius 3 is 2.63 bits per heavy atom. The van der Waals surface area contributed by atoms with Crippen LogP contribution in [0, 0.1) is 13.8 Å². The average molecular weight is 501 g/mol. The van der Waals surface area contributed by atoms with E-state index in [4.69, 9.17) is 0 Å². The number of carbonyl (C=O) groups excluding carboxylic acids is 1. The first-order valence-corrected chi connectivity index (χ1v) is 11.6. The normalized spacial score (nSPS) is 11.0. The number of rotatable bonds is 5. The lowest BCUT2D eigenvalue weighted by molar-refractivity contribution is -0.113. The molecule has 2 heterocycles. The summed E-state index contributed by atoms with van der Waals surface area (Å²) in [7, 11) is 0. The molecule has 1 N–H and O–H groups in total. The van der Waals surface area contributed by atoms with E-state index in [-0.39, 0.29) is 17.2 Å². The monoisotopic (exact) mass is 500 g/mol. The van der Waals surface area contributed by atoms with Crippen molar-refractivity contribution in [1.82, 2.24) is 14.5 Å². The molecule has 0 unspecified atom stereocenters. The summed E-state index contributed by atoms with van der Waals surface area (Å²) in [6.07, 6.45) is 1.63. The number of aryl methyl sites for hydroxylation is 2. The van der Waals surface area contributed by atoms with Gasteiger partial charge in [-0.3, -0.25) is 14.2 Å². The molecule has 0 atom stereocenters. The Morgan fingerprint density at radius 1 is 1.20 bits per heavy atom. The van der Waals surface area contributed by atoms with Gasteiger partial charge < -0.3 is 5.32 Å². The minimum Gasteiger partial charge on any atom is -0.301 e. The lowest BCUT2D eigenvalue weighted by Crippen LogP contribution is -2.23. The van der Waals surface area contributed by atoms with Crippen LogP contribution in [-0.4, -0.2) is 26.2 Å². The van der Waals surface area contributed by atoms with Crippen molar-refractivity contribution in [3.8, 4) is 5.69 Å². The third-order valence-corrected chi connectivity index (χ3v) is 6.60. The average Bonchev–Trinajstić information content (AvgIpc) is 3.10. The second-order valence-corrected chi connectivity index (χ2v) is 10.1. The van der Waals surface area contributed by atoms with Crippen LogP contribution in [0.15, 0.2) is 62.4 Å². The van der Waals surface area contributed by atoms with Gasteiger partial charge in [-0.05, 0) is 65.2 Å². The van der Waals surface area contributed by atoms with E-state index in [9.17, 15) is 9.59 Å². The molecule has 0 saturated heterocycles. The van der Waals surface area contributed by atoms with Gasteiger partial charge in [-0.15, -0.1) is 0 Å². The summed E-state index contributed by atoms with van der Waals surface area (Å²) in [4.78, 5) is 34.5. The van der Waals surface area contributed by atoms with Crippen molar-refractivity contribution in [3.63, 3.8) is 0 Å². The quantitative estimate of drug-likeness (QED) is 0.309. The molecule has 0 aliphatic rings. The number of nitrogens with one attached hydrogen (secondary N) is 1. The highest BCUT2D eigenvalue weighted by atomic mass is 79.9. The van der Waals surface area contributed by atoms with E-state index in [0.29, 0.717) is 21.2 Å². The number of hydrogen-bond donors (Lipinski definition) is 1. The van der Waals surface area contributed by atoms with Crippen LogP contribution < -0.4 is 10.9 Å². The van der Waals surface area contributed by atoms with Crippen molar-refractivity contribution >= 4 is 61.0 Å². The van der Waals surface area contributed by atoms with Gasteiger partial charge in [0.2, 0.25) is 5.91 Å². The molecule has 0 aliphatic carbocycles. The highest BCUT2D eigenvalue weighted by Crippen LogP contribution is 2.25. The van der Waals surface area contributed by atoms with Gasteiger partial charge in [-0.25, -0.2) is 9.97 Å². The molecule has 0 aliphatic heterocycles. The molecule has 152 valence electrons. The van der Waals surface area contributed by atoms with E-state index >= 15 is 0 Å². The van der Waals surface area contributed by atoms with Gasteiger partial charge in [0, 0.05) is 0 Å². The van der Waals surface area contributed by atoms with Crippen LogP contribution in [0.5, 0.6) is 0 Å². The lowest BCUT2D eigenvalue weighted by Gasteiger charge is -2.14. The molecule has 2 aromatic heterocycles. The first-order chi connectivity index (χ1) is 14.4. The Kier molecular flexibility index (Phi) is 6.03. The predicted octanol–water partition coefficient (Wildman–Crippen LogP) is 4.95. The van der Waals surface area contributed by atoms with Crippen LogP contribution in [0.1, 0.15) is 11.1 Å². The Bertz CT molecular complexity index is 1300. The Morgan fingerprint density at radius 2 is 1.93 bits per heavy atom. The Balaban J connectivity index is 1.72. The van der Waals surface area contributed by atoms with E-state index in [2.05, 4.69) is 37.3 Å². The lowest BCUT2D eigenvalue weighted by atomic mass is 10.1. The largest absolute Gasteiger partial charge is 0.301 e. The number of hydrogen-bond acceptors (Lipinski definition) is 6. The van der Waals surface area contributed by atoms with Gasteiger partial charge >= 0.3 is 0 Å². The highest BCUT2D eigenvalue weighted by molar-refractivity contribution is 9.11. The van der Waals surface area contributed by atoms with Gasteiger partial charge in [-0.1, -0.05) is 41.3 Å². The molecule has 4 aromatic rings. The number of benzene rings is 2. The van der Waals surface area contributed by atoms with Crippen LogP contribution in [0.25, 0.3) is 16.6 Å². The van der Waals surface area contributed by atoms with Crippen molar-refractivity contribution in [2.24, 2.45) is 0 Å². The van der Waals surface area contributed by atoms with Crippen molar-refractivity contribution in [2.75, 3.05) is 11.1 Å². The van der Waals surface area contributed by atoms with E-state index in [0.717, 1.165) is 20.6 Å². The van der Waals surface area contributed by atoms with E-state index in [1.54, 1.807) is 22.9 Å². The van der Waals surface area contributed by atoms with E-state index < -0.39 is 0 Å². The van der Waals surface area contributed by atoms with Gasteiger partial charge in [0.15, 0.2) is 10.3 Å². The topological polar surface area (TPSA) is 76.9 Å². The van der Waals surface area contributed by atoms with Crippen molar-refractivity contribution in [1.29, 1.82) is 0 Å². The third kappa shape index (κ3) is 4.48. The summed E-state index contributed by atoms with van der Waals surface area (Å²) >= 11 is 5.89. The number of nitrogens with zero attached hydrogens (tertiary/aromatic N) is 3. The SMILES string of the molecule is Cc1cc(C)cc(-n2c(SCC(=O)Nc3ncc(Br)s3)nc3ccccc3c2=O)c1. The van der Waals surface area contributed by atoms with Crippen LogP contribution in [0.2, 0.25) is 0 Å². The number of carbonyl (C=O) groups is 1. The van der Waals surface area contributed by atoms with Gasteiger partial charge in [0.25, 0.3) is 5.56 Å². The smallest absolute Gasteiger partial charge is 0.266 e. The number of aromatic nitrogens is 3. The number of thiazole rings is 1. The zero-order valence-electron chi connectivity index (χ0n) is 16.2. The van der Waals surface area contributed by atoms with Crippen LogP contribution >= 0.6 is 39.0 Å². The third-order valence-electron chi connectivity index (χ3n) is 4.27. The molecule has 0 saturated carbocycles. The van der Waals surface area contributed by atoms with E-state index in [1.807, 2.05) is 38.1 Å². The maximum absolute atomic E-state index is 13.3.